The fraction of sp³-hybridized carbons (Fsp3) is 0.417. The molecule has 0 spiro atoms. The lowest BCUT2D eigenvalue weighted by molar-refractivity contribution is -0.114. The monoisotopic (exact) mass is 254 g/mol. The van der Waals surface area contributed by atoms with Gasteiger partial charge in [-0.25, -0.2) is 0 Å². The molecule has 0 aliphatic rings. The van der Waals surface area contributed by atoms with Crippen LogP contribution in [-0.4, -0.2) is 31.8 Å². The molecule has 1 aromatic carbocycles. The number of ether oxygens (including phenoxy) is 2. The first-order valence-electron chi connectivity index (χ1n) is 5.43. The third-order valence-electron chi connectivity index (χ3n) is 2.46. The number of hydrogen-bond acceptors (Lipinski definition) is 5. The Morgan fingerprint density at radius 1 is 1.39 bits per heavy atom. The van der Waals surface area contributed by atoms with Gasteiger partial charge in [0, 0.05) is 18.7 Å². The summed E-state index contributed by atoms with van der Waals surface area (Å²) in [7, 11) is 3.01. The van der Waals surface area contributed by atoms with Gasteiger partial charge in [0.05, 0.1) is 26.9 Å². The molecule has 1 aromatic rings. The van der Waals surface area contributed by atoms with Crippen molar-refractivity contribution in [1.29, 1.82) is 0 Å². The molecule has 18 heavy (non-hydrogen) atoms. The van der Waals surface area contributed by atoms with Crippen LogP contribution in [0, 0.1) is 0 Å². The topological polar surface area (TPSA) is 93.8 Å². The highest BCUT2D eigenvalue weighted by Gasteiger charge is 2.16. The van der Waals surface area contributed by atoms with Crippen LogP contribution in [0.5, 0.6) is 11.5 Å². The minimum Gasteiger partial charge on any atom is -0.493 e. The maximum absolute atomic E-state index is 11.1. The number of benzene rings is 1. The molecule has 0 heterocycles. The Bertz CT molecular complexity index is 434. The molecule has 1 atom stereocenters. The number of carbonyl (C=O) groups is 1. The van der Waals surface area contributed by atoms with E-state index in [1.54, 1.807) is 12.1 Å². The Balaban J connectivity index is 3.30. The van der Waals surface area contributed by atoms with Gasteiger partial charge < -0.3 is 25.6 Å². The molecule has 0 saturated carbocycles. The van der Waals surface area contributed by atoms with Crippen molar-refractivity contribution in [2.45, 2.75) is 13.0 Å². The lowest BCUT2D eigenvalue weighted by Gasteiger charge is -2.18. The average Bonchev–Trinajstić information content (AvgIpc) is 2.36. The molecule has 100 valence electrons. The standard InChI is InChI=1S/C12H18N2O4/c1-7(16)14-10-5-12(18-3)11(17-2)4-8(10)9(13)6-15/h4-5,9,15H,6,13H2,1-3H3,(H,14,16)/t9-/m1/s1. The van der Waals surface area contributed by atoms with Gasteiger partial charge in [0.2, 0.25) is 5.91 Å². The van der Waals surface area contributed by atoms with Crippen LogP contribution in [0.4, 0.5) is 5.69 Å². The Hall–Kier alpha value is -1.79. The van der Waals surface area contributed by atoms with Gasteiger partial charge >= 0.3 is 0 Å². The number of rotatable bonds is 5. The van der Waals surface area contributed by atoms with E-state index in [9.17, 15) is 4.79 Å². The number of anilines is 1. The fourth-order valence-corrected chi connectivity index (χ4v) is 1.60. The molecule has 0 aliphatic heterocycles. The molecule has 1 rings (SSSR count). The summed E-state index contributed by atoms with van der Waals surface area (Å²) in [6.07, 6.45) is 0. The number of carbonyl (C=O) groups excluding carboxylic acids is 1. The van der Waals surface area contributed by atoms with Crippen molar-refractivity contribution < 1.29 is 19.4 Å². The van der Waals surface area contributed by atoms with Crippen molar-refractivity contribution in [3.05, 3.63) is 17.7 Å². The van der Waals surface area contributed by atoms with Crippen molar-refractivity contribution in [3.8, 4) is 11.5 Å². The predicted molar refractivity (Wildman–Crippen MR) is 67.9 cm³/mol. The van der Waals surface area contributed by atoms with Crippen LogP contribution in [0.25, 0.3) is 0 Å². The summed E-state index contributed by atoms with van der Waals surface area (Å²) in [5.74, 6) is 0.745. The lowest BCUT2D eigenvalue weighted by Crippen LogP contribution is -2.18. The second-order valence-electron chi connectivity index (χ2n) is 3.76. The first-order valence-corrected chi connectivity index (χ1v) is 5.43. The van der Waals surface area contributed by atoms with Crippen molar-refractivity contribution in [3.63, 3.8) is 0 Å². The smallest absolute Gasteiger partial charge is 0.221 e. The molecule has 0 unspecified atom stereocenters. The Kier molecular flexibility index (Phi) is 4.94. The Morgan fingerprint density at radius 3 is 2.39 bits per heavy atom. The van der Waals surface area contributed by atoms with Gasteiger partial charge in [-0.15, -0.1) is 0 Å². The molecule has 4 N–H and O–H groups in total. The van der Waals surface area contributed by atoms with E-state index >= 15 is 0 Å². The number of aliphatic hydroxyl groups excluding tert-OH is 1. The van der Waals surface area contributed by atoms with Crippen LogP contribution < -0.4 is 20.5 Å². The molecule has 0 bridgehead atoms. The predicted octanol–water partition coefficient (Wildman–Crippen LogP) is 0.654. The van der Waals surface area contributed by atoms with Crippen LogP contribution >= 0.6 is 0 Å². The summed E-state index contributed by atoms with van der Waals surface area (Å²) in [5, 5.41) is 11.8. The van der Waals surface area contributed by atoms with Crippen LogP contribution in [0.3, 0.4) is 0 Å². The first kappa shape index (κ1) is 14.3. The van der Waals surface area contributed by atoms with Gasteiger partial charge in [0.15, 0.2) is 11.5 Å². The van der Waals surface area contributed by atoms with Crippen LogP contribution in [0.15, 0.2) is 12.1 Å². The van der Waals surface area contributed by atoms with Gasteiger partial charge in [0.25, 0.3) is 0 Å². The zero-order valence-corrected chi connectivity index (χ0v) is 10.7. The molecule has 0 radical (unpaired) electrons. The van der Waals surface area contributed by atoms with Gasteiger partial charge in [-0.2, -0.15) is 0 Å². The summed E-state index contributed by atoms with van der Waals surface area (Å²) in [4.78, 5) is 11.1. The molecule has 1 amide bonds. The van der Waals surface area contributed by atoms with E-state index in [-0.39, 0.29) is 12.5 Å². The Labute approximate surface area is 106 Å². The quantitative estimate of drug-likeness (QED) is 0.717. The molecule has 0 aliphatic carbocycles. The van der Waals surface area contributed by atoms with Gasteiger partial charge in [0.1, 0.15) is 0 Å². The maximum Gasteiger partial charge on any atom is 0.221 e. The third kappa shape index (κ3) is 3.12. The highest BCUT2D eigenvalue weighted by molar-refractivity contribution is 5.90. The van der Waals surface area contributed by atoms with E-state index in [0.29, 0.717) is 22.7 Å². The summed E-state index contributed by atoms with van der Waals surface area (Å²) in [6.45, 7) is 1.16. The van der Waals surface area contributed by atoms with Crippen molar-refractivity contribution >= 4 is 11.6 Å². The SMILES string of the molecule is COc1cc(NC(C)=O)c([C@H](N)CO)cc1OC. The molecule has 0 saturated heterocycles. The second kappa shape index (κ2) is 6.23. The maximum atomic E-state index is 11.1. The minimum atomic E-state index is -0.605. The summed E-state index contributed by atoms with van der Waals surface area (Å²) >= 11 is 0. The highest BCUT2D eigenvalue weighted by atomic mass is 16.5. The average molecular weight is 254 g/mol. The minimum absolute atomic E-state index is 0.228. The molecule has 6 nitrogen and oxygen atoms in total. The van der Waals surface area contributed by atoms with E-state index in [0.717, 1.165) is 0 Å². The number of amides is 1. The van der Waals surface area contributed by atoms with E-state index < -0.39 is 6.04 Å². The van der Waals surface area contributed by atoms with E-state index in [1.807, 2.05) is 0 Å². The van der Waals surface area contributed by atoms with Crippen LogP contribution in [-0.2, 0) is 4.79 Å². The number of nitrogens with one attached hydrogen (secondary N) is 1. The molecule has 0 aromatic heterocycles. The molecule has 0 fully saturated rings. The molecular formula is C12H18N2O4. The van der Waals surface area contributed by atoms with Crippen molar-refractivity contribution in [2.24, 2.45) is 5.73 Å². The normalized spacial score (nSPS) is 11.8. The van der Waals surface area contributed by atoms with E-state index in [1.165, 1.54) is 21.1 Å². The van der Waals surface area contributed by atoms with Gasteiger partial charge in [-0.05, 0) is 11.6 Å². The largest absolute Gasteiger partial charge is 0.493 e. The number of nitrogens with two attached hydrogens (primary N) is 1. The second-order valence-corrected chi connectivity index (χ2v) is 3.76. The number of methoxy groups -OCH3 is 2. The highest BCUT2D eigenvalue weighted by Crippen LogP contribution is 2.35. The van der Waals surface area contributed by atoms with E-state index in [2.05, 4.69) is 5.32 Å². The fourth-order valence-electron chi connectivity index (χ4n) is 1.60. The van der Waals surface area contributed by atoms with Gasteiger partial charge in [-0.1, -0.05) is 0 Å². The summed E-state index contributed by atoms with van der Waals surface area (Å²) in [5.41, 5.74) is 6.88. The van der Waals surface area contributed by atoms with Crippen LogP contribution in [0.1, 0.15) is 18.5 Å². The third-order valence-corrected chi connectivity index (χ3v) is 2.46. The Morgan fingerprint density at radius 2 is 1.94 bits per heavy atom. The van der Waals surface area contributed by atoms with Crippen molar-refractivity contribution in [1.82, 2.24) is 0 Å². The van der Waals surface area contributed by atoms with E-state index in [4.69, 9.17) is 20.3 Å². The molecular weight excluding hydrogens is 236 g/mol. The summed E-state index contributed by atoms with van der Waals surface area (Å²) < 4.78 is 10.3. The summed E-state index contributed by atoms with van der Waals surface area (Å²) in [6, 6.07) is 2.66. The zero-order chi connectivity index (χ0) is 13.7. The van der Waals surface area contributed by atoms with Crippen molar-refractivity contribution in [2.75, 3.05) is 26.1 Å². The lowest BCUT2D eigenvalue weighted by atomic mass is 10.0. The van der Waals surface area contributed by atoms with Crippen LogP contribution in [0.2, 0.25) is 0 Å². The number of aliphatic hydroxyl groups is 1. The zero-order valence-electron chi connectivity index (χ0n) is 10.7. The molecule has 6 heteroatoms. The first-order chi connectivity index (χ1) is 8.53. The van der Waals surface area contributed by atoms with Gasteiger partial charge in [-0.3, -0.25) is 4.79 Å². The number of hydrogen-bond donors (Lipinski definition) is 3.